The third-order valence-corrected chi connectivity index (χ3v) is 3.22. The van der Waals surface area contributed by atoms with Crippen LogP contribution in [0.3, 0.4) is 0 Å². The van der Waals surface area contributed by atoms with E-state index in [2.05, 4.69) is 15.8 Å². The molecule has 0 unspecified atom stereocenters. The van der Waals surface area contributed by atoms with Crippen LogP contribution in [-0.2, 0) is 4.79 Å². The van der Waals surface area contributed by atoms with Crippen molar-refractivity contribution in [2.45, 2.75) is 12.8 Å². The highest BCUT2D eigenvalue weighted by molar-refractivity contribution is 5.78. The van der Waals surface area contributed by atoms with Crippen LogP contribution in [0.1, 0.15) is 12.8 Å². The summed E-state index contributed by atoms with van der Waals surface area (Å²) >= 11 is 0. The molecule has 0 atom stereocenters. The molecule has 0 saturated carbocycles. The molecule has 124 valence electrons. The predicted octanol–water partition coefficient (Wildman–Crippen LogP) is 3.27. The molecule has 7 heteroatoms. The second kappa shape index (κ2) is 7.45. The van der Waals surface area contributed by atoms with E-state index in [0.29, 0.717) is 29.9 Å². The van der Waals surface area contributed by atoms with Gasteiger partial charge < -0.3 is 9.15 Å². The number of ether oxygens (including phenoxy) is 1. The molecular weight excluding hydrogens is 313 g/mol. The van der Waals surface area contributed by atoms with E-state index in [1.807, 2.05) is 18.2 Å². The topological polar surface area (TPSA) is 76.4 Å². The molecule has 0 fully saturated rings. The van der Waals surface area contributed by atoms with Gasteiger partial charge in [-0.15, -0.1) is 0 Å². The predicted molar refractivity (Wildman–Crippen MR) is 86.9 cm³/mol. The largest absolute Gasteiger partial charge is 0.493 e. The van der Waals surface area contributed by atoms with E-state index in [0.717, 1.165) is 0 Å². The fourth-order valence-corrected chi connectivity index (χ4v) is 2.09. The summed E-state index contributed by atoms with van der Waals surface area (Å²) in [6, 6.07) is 13.4. The van der Waals surface area contributed by atoms with E-state index < -0.39 is 0 Å². The van der Waals surface area contributed by atoms with Gasteiger partial charge in [0.05, 0.1) is 6.61 Å². The summed E-state index contributed by atoms with van der Waals surface area (Å²) in [5.41, 5.74) is 6.48. The number of halogens is 1. The number of hydrogen-bond acceptors (Lipinski definition) is 5. The minimum atomic E-state index is -0.354. The molecule has 0 aliphatic rings. The summed E-state index contributed by atoms with van der Waals surface area (Å²) in [6.45, 7) is 0.319. The van der Waals surface area contributed by atoms with Crippen LogP contribution < -0.4 is 15.6 Å². The zero-order valence-corrected chi connectivity index (χ0v) is 12.8. The lowest BCUT2D eigenvalue weighted by molar-refractivity contribution is -0.120. The summed E-state index contributed by atoms with van der Waals surface area (Å²) < 4.78 is 23.8. The Kier molecular flexibility index (Phi) is 4.90. The quantitative estimate of drug-likeness (QED) is 0.514. The van der Waals surface area contributed by atoms with Gasteiger partial charge in [-0.05, 0) is 30.7 Å². The molecular formula is C17H16FN3O3. The number of oxazole rings is 1. The number of hydrogen-bond donors (Lipinski definition) is 2. The van der Waals surface area contributed by atoms with Crippen LogP contribution in [0.5, 0.6) is 5.75 Å². The van der Waals surface area contributed by atoms with Gasteiger partial charge in [0.1, 0.15) is 17.1 Å². The molecule has 0 aliphatic heterocycles. The number of amides is 1. The number of benzene rings is 2. The Bertz CT molecular complexity index is 802. The van der Waals surface area contributed by atoms with Gasteiger partial charge in [-0.1, -0.05) is 18.2 Å². The minimum Gasteiger partial charge on any atom is -0.493 e. The van der Waals surface area contributed by atoms with Gasteiger partial charge in [-0.2, -0.15) is 4.98 Å². The first-order chi connectivity index (χ1) is 11.7. The van der Waals surface area contributed by atoms with E-state index in [-0.39, 0.29) is 24.2 Å². The van der Waals surface area contributed by atoms with Crippen molar-refractivity contribution in [2.75, 3.05) is 12.0 Å². The average Bonchev–Trinajstić information content (AvgIpc) is 3.00. The van der Waals surface area contributed by atoms with Crippen molar-refractivity contribution in [3.8, 4) is 5.75 Å². The van der Waals surface area contributed by atoms with Crippen molar-refractivity contribution in [1.29, 1.82) is 0 Å². The van der Waals surface area contributed by atoms with E-state index in [1.165, 1.54) is 12.1 Å². The highest BCUT2D eigenvalue weighted by atomic mass is 19.1. The van der Waals surface area contributed by atoms with Crippen LogP contribution in [0.4, 0.5) is 10.4 Å². The Morgan fingerprint density at radius 1 is 1.21 bits per heavy atom. The van der Waals surface area contributed by atoms with Crippen LogP contribution in [-0.4, -0.2) is 17.5 Å². The zero-order chi connectivity index (χ0) is 16.8. The van der Waals surface area contributed by atoms with Crippen molar-refractivity contribution in [2.24, 2.45) is 0 Å². The number of carbonyl (C=O) groups is 1. The van der Waals surface area contributed by atoms with E-state index in [4.69, 9.17) is 9.15 Å². The molecule has 0 spiro atoms. The number of hydrazine groups is 1. The van der Waals surface area contributed by atoms with Gasteiger partial charge in [0.15, 0.2) is 5.58 Å². The normalized spacial score (nSPS) is 10.5. The van der Waals surface area contributed by atoms with Crippen molar-refractivity contribution < 1.29 is 18.3 Å². The van der Waals surface area contributed by atoms with Crippen LogP contribution in [0.25, 0.3) is 11.1 Å². The number of carbonyl (C=O) groups excluding carboxylic acids is 1. The molecule has 0 saturated heterocycles. The lowest BCUT2D eigenvalue weighted by Gasteiger charge is -2.07. The molecule has 1 amide bonds. The SMILES string of the molecule is O=C(CCCOc1cccc(F)c1)NNc1nc2ccccc2o1. The number of rotatable bonds is 7. The van der Waals surface area contributed by atoms with Gasteiger partial charge in [0, 0.05) is 12.5 Å². The summed E-state index contributed by atoms with van der Waals surface area (Å²) in [5.74, 6) is -0.132. The number of para-hydroxylation sites is 2. The molecule has 0 radical (unpaired) electrons. The molecule has 1 aromatic heterocycles. The molecule has 6 nitrogen and oxygen atoms in total. The van der Waals surface area contributed by atoms with E-state index >= 15 is 0 Å². The lowest BCUT2D eigenvalue weighted by Crippen LogP contribution is -2.29. The third-order valence-electron chi connectivity index (χ3n) is 3.22. The third kappa shape index (κ3) is 4.22. The molecule has 24 heavy (non-hydrogen) atoms. The Hall–Kier alpha value is -3.09. The Labute approximate surface area is 137 Å². The minimum absolute atomic E-state index is 0.222. The molecule has 2 N–H and O–H groups in total. The molecule has 3 aromatic rings. The van der Waals surface area contributed by atoms with Gasteiger partial charge in [-0.25, -0.2) is 4.39 Å². The maximum Gasteiger partial charge on any atom is 0.315 e. The first kappa shape index (κ1) is 15.8. The first-order valence-electron chi connectivity index (χ1n) is 7.49. The average molecular weight is 329 g/mol. The molecule has 3 rings (SSSR count). The van der Waals surface area contributed by atoms with Crippen molar-refractivity contribution in [3.05, 3.63) is 54.3 Å². The van der Waals surface area contributed by atoms with Gasteiger partial charge in [-0.3, -0.25) is 15.6 Å². The van der Waals surface area contributed by atoms with Crippen molar-refractivity contribution in [1.82, 2.24) is 10.4 Å². The Morgan fingerprint density at radius 2 is 2.08 bits per heavy atom. The second-order valence-corrected chi connectivity index (χ2v) is 5.07. The highest BCUT2D eigenvalue weighted by Gasteiger charge is 2.06. The Morgan fingerprint density at radius 3 is 2.92 bits per heavy atom. The van der Waals surface area contributed by atoms with Crippen molar-refractivity contribution >= 4 is 23.0 Å². The van der Waals surface area contributed by atoms with E-state index in [1.54, 1.807) is 18.2 Å². The lowest BCUT2D eigenvalue weighted by atomic mass is 10.3. The van der Waals surface area contributed by atoms with Gasteiger partial charge in [0.2, 0.25) is 5.91 Å². The first-order valence-corrected chi connectivity index (χ1v) is 7.49. The number of nitrogens with zero attached hydrogens (tertiary/aromatic N) is 1. The number of fused-ring (bicyclic) bond motifs is 1. The summed E-state index contributed by atoms with van der Waals surface area (Å²) in [6.07, 6.45) is 0.750. The summed E-state index contributed by atoms with van der Waals surface area (Å²) in [5, 5.41) is 0. The molecule has 2 aromatic carbocycles. The molecule has 1 heterocycles. The maximum absolute atomic E-state index is 13.0. The van der Waals surface area contributed by atoms with Crippen LogP contribution in [0.2, 0.25) is 0 Å². The van der Waals surface area contributed by atoms with Gasteiger partial charge in [0.25, 0.3) is 0 Å². The van der Waals surface area contributed by atoms with Crippen molar-refractivity contribution in [3.63, 3.8) is 0 Å². The standard InChI is InChI=1S/C17H16FN3O3/c18-12-5-3-6-13(11-12)23-10-4-9-16(22)20-21-17-19-14-7-1-2-8-15(14)24-17/h1-3,5-8,11H,4,9-10H2,(H,19,21)(H,20,22). The summed E-state index contributed by atoms with van der Waals surface area (Å²) in [7, 11) is 0. The fraction of sp³-hybridized carbons (Fsp3) is 0.176. The smallest absolute Gasteiger partial charge is 0.315 e. The van der Waals surface area contributed by atoms with Gasteiger partial charge >= 0.3 is 6.01 Å². The molecule has 0 aliphatic carbocycles. The van der Waals surface area contributed by atoms with Crippen LogP contribution >= 0.6 is 0 Å². The van der Waals surface area contributed by atoms with Crippen LogP contribution in [0.15, 0.2) is 52.9 Å². The number of nitrogens with one attached hydrogen (secondary N) is 2. The maximum atomic E-state index is 13.0. The second-order valence-electron chi connectivity index (χ2n) is 5.07. The fourth-order valence-electron chi connectivity index (χ4n) is 2.09. The van der Waals surface area contributed by atoms with E-state index in [9.17, 15) is 9.18 Å². The van der Waals surface area contributed by atoms with Crippen LogP contribution in [0, 0.1) is 5.82 Å². The highest BCUT2D eigenvalue weighted by Crippen LogP contribution is 2.17. The summed E-state index contributed by atoms with van der Waals surface area (Å²) in [4.78, 5) is 15.9. The number of aromatic nitrogens is 1. The molecule has 0 bridgehead atoms. The Balaban J connectivity index is 1.38. The zero-order valence-electron chi connectivity index (χ0n) is 12.8. The monoisotopic (exact) mass is 329 g/mol. The number of anilines is 1.